The van der Waals surface area contributed by atoms with Crippen LogP contribution in [0.15, 0.2) is 6.07 Å². The number of ether oxygens (including phenoxy) is 1. The quantitative estimate of drug-likeness (QED) is 0.830. The maximum absolute atomic E-state index is 9.40. The van der Waals surface area contributed by atoms with Crippen LogP contribution in [0.5, 0.6) is 11.5 Å². The van der Waals surface area contributed by atoms with Gasteiger partial charge in [-0.1, -0.05) is 30.1 Å². The van der Waals surface area contributed by atoms with E-state index >= 15 is 0 Å². The van der Waals surface area contributed by atoms with Gasteiger partial charge in [0.2, 0.25) is 0 Å². The highest BCUT2D eigenvalue weighted by atomic mass is 35.5. The van der Waals surface area contributed by atoms with Gasteiger partial charge in [-0.05, 0) is 12.0 Å². The second-order valence-corrected chi connectivity index (χ2v) is 3.31. The molecule has 0 saturated heterocycles. The predicted molar refractivity (Wildman–Crippen MR) is 54.1 cm³/mol. The molecule has 0 bridgehead atoms. The van der Waals surface area contributed by atoms with E-state index in [2.05, 4.69) is 0 Å². The highest BCUT2D eigenvalue weighted by molar-refractivity contribution is 6.37. The summed E-state index contributed by atoms with van der Waals surface area (Å²) in [6, 6.07) is 1.41. The van der Waals surface area contributed by atoms with Gasteiger partial charge in [0.15, 0.2) is 0 Å². The van der Waals surface area contributed by atoms with Gasteiger partial charge < -0.3 is 9.84 Å². The number of phenols is 1. The summed E-state index contributed by atoms with van der Waals surface area (Å²) >= 11 is 11.8. The molecule has 72 valence electrons. The van der Waals surface area contributed by atoms with Gasteiger partial charge in [0.05, 0.1) is 17.2 Å². The molecule has 0 aromatic heterocycles. The Hall–Kier alpha value is -0.600. The fourth-order valence-corrected chi connectivity index (χ4v) is 1.80. The van der Waals surface area contributed by atoms with Crippen LogP contribution in [-0.2, 0) is 6.42 Å². The largest absolute Gasteiger partial charge is 0.506 e. The molecular weight excluding hydrogens is 211 g/mol. The van der Waals surface area contributed by atoms with Gasteiger partial charge in [-0.3, -0.25) is 0 Å². The SMILES string of the molecule is CCc1c(Cl)c(O)cc(OC)c1Cl. The zero-order valence-corrected chi connectivity index (χ0v) is 8.91. The van der Waals surface area contributed by atoms with Crippen molar-refractivity contribution in [3.63, 3.8) is 0 Å². The molecule has 0 radical (unpaired) electrons. The van der Waals surface area contributed by atoms with Gasteiger partial charge in [-0.2, -0.15) is 0 Å². The molecule has 0 atom stereocenters. The molecule has 1 N–H and O–H groups in total. The molecule has 4 heteroatoms. The standard InChI is InChI=1S/C9H10Cl2O2/c1-3-5-8(10)6(12)4-7(13-2)9(5)11/h4,12H,3H2,1-2H3. The first-order valence-corrected chi connectivity index (χ1v) is 4.61. The number of benzene rings is 1. The minimum atomic E-state index is -0.000216. The van der Waals surface area contributed by atoms with Crippen molar-refractivity contribution < 1.29 is 9.84 Å². The maximum atomic E-state index is 9.40. The summed E-state index contributed by atoms with van der Waals surface area (Å²) < 4.78 is 4.97. The van der Waals surface area contributed by atoms with Crippen LogP contribution in [0.2, 0.25) is 10.0 Å². The van der Waals surface area contributed by atoms with Crippen molar-refractivity contribution in [2.45, 2.75) is 13.3 Å². The van der Waals surface area contributed by atoms with E-state index in [4.69, 9.17) is 27.9 Å². The average molecular weight is 221 g/mol. The first-order valence-electron chi connectivity index (χ1n) is 3.85. The molecule has 0 aliphatic carbocycles. The van der Waals surface area contributed by atoms with Crippen molar-refractivity contribution in [3.05, 3.63) is 21.7 Å². The lowest BCUT2D eigenvalue weighted by Gasteiger charge is -2.10. The minimum Gasteiger partial charge on any atom is -0.506 e. The van der Waals surface area contributed by atoms with E-state index in [1.807, 2.05) is 6.92 Å². The Labute approximate surface area is 87.0 Å². The maximum Gasteiger partial charge on any atom is 0.141 e. The molecule has 13 heavy (non-hydrogen) atoms. The lowest BCUT2D eigenvalue weighted by molar-refractivity contribution is 0.407. The predicted octanol–water partition coefficient (Wildman–Crippen LogP) is 3.27. The third-order valence-corrected chi connectivity index (χ3v) is 2.65. The third-order valence-electron chi connectivity index (χ3n) is 1.81. The van der Waals surface area contributed by atoms with Crippen LogP contribution in [0, 0.1) is 0 Å². The van der Waals surface area contributed by atoms with E-state index in [-0.39, 0.29) is 5.75 Å². The Morgan fingerprint density at radius 1 is 1.38 bits per heavy atom. The molecule has 1 aromatic carbocycles. The average Bonchev–Trinajstić information content (AvgIpc) is 2.12. The fourth-order valence-electron chi connectivity index (χ4n) is 1.11. The van der Waals surface area contributed by atoms with E-state index in [0.717, 1.165) is 0 Å². The Balaban J connectivity index is 3.39. The number of phenolic OH excluding ortho intramolecular Hbond substituents is 1. The lowest BCUT2D eigenvalue weighted by atomic mass is 10.1. The molecule has 0 amide bonds. The van der Waals surface area contributed by atoms with E-state index in [1.165, 1.54) is 13.2 Å². The molecule has 0 fully saturated rings. The number of aromatic hydroxyl groups is 1. The Bertz CT molecular complexity index is 324. The van der Waals surface area contributed by atoms with Gasteiger partial charge in [0.1, 0.15) is 11.5 Å². The number of hydrogen-bond acceptors (Lipinski definition) is 2. The normalized spacial score (nSPS) is 10.2. The molecule has 0 aliphatic rings. The third kappa shape index (κ3) is 1.84. The molecule has 0 heterocycles. The fraction of sp³-hybridized carbons (Fsp3) is 0.333. The molecule has 1 aromatic rings. The summed E-state index contributed by atoms with van der Waals surface area (Å²) in [7, 11) is 1.49. The van der Waals surface area contributed by atoms with Crippen LogP contribution in [0.1, 0.15) is 12.5 Å². The summed E-state index contributed by atoms with van der Waals surface area (Å²) in [5.41, 5.74) is 0.709. The van der Waals surface area contributed by atoms with E-state index in [9.17, 15) is 5.11 Å². The van der Waals surface area contributed by atoms with Crippen molar-refractivity contribution >= 4 is 23.2 Å². The van der Waals surface area contributed by atoms with Crippen LogP contribution < -0.4 is 4.74 Å². The summed E-state index contributed by atoms with van der Waals surface area (Å²) in [5.74, 6) is 0.445. The van der Waals surface area contributed by atoms with Crippen LogP contribution in [-0.4, -0.2) is 12.2 Å². The van der Waals surface area contributed by atoms with Crippen LogP contribution >= 0.6 is 23.2 Å². The molecule has 2 nitrogen and oxygen atoms in total. The Morgan fingerprint density at radius 2 is 2.00 bits per heavy atom. The molecule has 0 aliphatic heterocycles. The number of halogens is 2. The zero-order chi connectivity index (χ0) is 10.0. The Kier molecular flexibility index (Phi) is 3.28. The van der Waals surface area contributed by atoms with Crippen LogP contribution in [0.4, 0.5) is 0 Å². The highest BCUT2D eigenvalue weighted by Gasteiger charge is 2.13. The molecule has 1 rings (SSSR count). The first kappa shape index (κ1) is 10.5. The van der Waals surface area contributed by atoms with E-state index in [1.54, 1.807) is 0 Å². The highest BCUT2D eigenvalue weighted by Crippen LogP contribution is 2.39. The summed E-state index contributed by atoms with van der Waals surface area (Å²) in [6.45, 7) is 1.91. The van der Waals surface area contributed by atoms with Gasteiger partial charge >= 0.3 is 0 Å². The van der Waals surface area contributed by atoms with Gasteiger partial charge in [-0.25, -0.2) is 0 Å². The van der Waals surface area contributed by atoms with E-state index < -0.39 is 0 Å². The Morgan fingerprint density at radius 3 is 2.46 bits per heavy atom. The monoisotopic (exact) mass is 220 g/mol. The van der Waals surface area contributed by atoms with Crippen molar-refractivity contribution in [1.29, 1.82) is 0 Å². The molecule has 0 unspecified atom stereocenters. The number of rotatable bonds is 2. The number of methoxy groups -OCH3 is 1. The van der Waals surface area contributed by atoms with Gasteiger partial charge in [-0.15, -0.1) is 0 Å². The van der Waals surface area contributed by atoms with Crippen molar-refractivity contribution in [2.24, 2.45) is 0 Å². The van der Waals surface area contributed by atoms with E-state index in [0.29, 0.717) is 27.8 Å². The summed E-state index contributed by atoms with van der Waals surface area (Å²) in [6.07, 6.45) is 0.655. The van der Waals surface area contributed by atoms with Gasteiger partial charge in [0.25, 0.3) is 0 Å². The summed E-state index contributed by atoms with van der Waals surface area (Å²) in [4.78, 5) is 0. The topological polar surface area (TPSA) is 29.5 Å². The second-order valence-electron chi connectivity index (χ2n) is 2.56. The smallest absolute Gasteiger partial charge is 0.141 e. The second kappa shape index (κ2) is 4.07. The lowest BCUT2D eigenvalue weighted by Crippen LogP contribution is -1.91. The number of hydrogen-bond donors (Lipinski definition) is 1. The zero-order valence-electron chi connectivity index (χ0n) is 7.40. The van der Waals surface area contributed by atoms with Gasteiger partial charge in [0, 0.05) is 6.07 Å². The first-order chi connectivity index (χ1) is 6.11. The summed E-state index contributed by atoms with van der Waals surface area (Å²) in [5, 5.41) is 10.2. The van der Waals surface area contributed by atoms with Crippen LogP contribution in [0.25, 0.3) is 0 Å². The van der Waals surface area contributed by atoms with Crippen molar-refractivity contribution in [1.82, 2.24) is 0 Å². The molecule has 0 saturated carbocycles. The van der Waals surface area contributed by atoms with Crippen molar-refractivity contribution in [3.8, 4) is 11.5 Å². The molecule has 0 spiro atoms. The minimum absolute atomic E-state index is 0.000216. The van der Waals surface area contributed by atoms with Crippen LogP contribution in [0.3, 0.4) is 0 Å². The van der Waals surface area contributed by atoms with Crippen molar-refractivity contribution in [2.75, 3.05) is 7.11 Å². The molecular formula is C9H10Cl2O2.